The molecule has 0 aliphatic carbocycles. The third-order valence-electron chi connectivity index (χ3n) is 4.22. The number of carbonyl (C=O) groups excluding carboxylic acids is 1. The fourth-order valence-corrected chi connectivity index (χ4v) is 4.85. The van der Waals surface area contributed by atoms with E-state index in [0.29, 0.717) is 26.2 Å². The lowest BCUT2D eigenvalue weighted by molar-refractivity contribution is -0.138. The van der Waals surface area contributed by atoms with Crippen LogP contribution in [-0.4, -0.2) is 62.8 Å². The van der Waals surface area contributed by atoms with Gasteiger partial charge in [-0.3, -0.25) is 4.79 Å². The van der Waals surface area contributed by atoms with Crippen LogP contribution in [0.5, 0.6) is 0 Å². The number of carbonyl (C=O) groups is 1. The molecule has 0 atom stereocenters. The van der Waals surface area contributed by atoms with Gasteiger partial charge in [0, 0.05) is 39.3 Å². The van der Waals surface area contributed by atoms with Gasteiger partial charge in [-0.15, -0.1) is 12.4 Å². The summed E-state index contributed by atoms with van der Waals surface area (Å²) in [7, 11) is -3.71. The second-order valence-corrected chi connectivity index (χ2v) is 8.33. The highest BCUT2D eigenvalue weighted by molar-refractivity contribution is 7.89. The monoisotopic (exact) mass is 413 g/mol. The van der Waals surface area contributed by atoms with E-state index in [1.165, 1.54) is 10.4 Å². The van der Waals surface area contributed by atoms with Crippen molar-refractivity contribution in [2.24, 2.45) is 5.92 Å². The summed E-state index contributed by atoms with van der Waals surface area (Å²) in [6, 6.07) is 4.55. The van der Waals surface area contributed by atoms with Crippen LogP contribution in [0, 0.1) is 5.92 Å². The van der Waals surface area contributed by atoms with Gasteiger partial charge in [0.2, 0.25) is 15.9 Å². The lowest BCUT2D eigenvalue weighted by atomic mass is 10.0. The predicted octanol–water partition coefficient (Wildman–Crippen LogP) is 1.47. The molecule has 2 aliphatic heterocycles. The average molecular weight is 415 g/mol. The normalized spacial score (nSPS) is 19.5. The van der Waals surface area contributed by atoms with Crippen LogP contribution in [0.1, 0.15) is 0 Å². The van der Waals surface area contributed by atoms with Crippen molar-refractivity contribution in [2.75, 3.05) is 39.3 Å². The molecule has 0 radical (unpaired) electrons. The molecular formula is C14H18Cl3N3O3S. The molecule has 10 heteroatoms. The Morgan fingerprint density at radius 1 is 1.12 bits per heavy atom. The zero-order chi connectivity index (χ0) is 16.6. The minimum absolute atomic E-state index is 0. The molecule has 2 heterocycles. The summed E-state index contributed by atoms with van der Waals surface area (Å²) in [6.45, 7) is 2.72. The lowest BCUT2D eigenvalue weighted by Gasteiger charge is -2.38. The summed E-state index contributed by atoms with van der Waals surface area (Å²) in [5, 5.41) is 3.31. The van der Waals surface area contributed by atoms with Crippen LogP contribution in [0.3, 0.4) is 0 Å². The Kier molecular flexibility index (Phi) is 6.39. The highest BCUT2D eigenvalue weighted by atomic mass is 35.5. The number of nitrogens with zero attached hydrogens (tertiary/aromatic N) is 2. The lowest BCUT2D eigenvalue weighted by Crippen LogP contribution is -2.57. The highest BCUT2D eigenvalue weighted by Gasteiger charge is 2.35. The van der Waals surface area contributed by atoms with Crippen molar-refractivity contribution in [1.82, 2.24) is 14.5 Å². The molecule has 2 saturated heterocycles. The first kappa shape index (κ1) is 19.8. The van der Waals surface area contributed by atoms with E-state index in [2.05, 4.69) is 5.32 Å². The molecule has 6 nitrogen and oxygen atoms in total. The van der Waals surface area contributed by atoms with Crippen LogP contribution in [0.15, 0.2) is 23.1 Å². The van der Waals surface area contributed by atoms with Crippen molar-refractivity contribution in [2.45, 2.75) is 4.90 Å². The molecular weight excluding hydrogens is 397 g/mol. The first-order valence-electron chi connectivity index (χ1n) is 7.35. The Balaban J connectivity index is 0.00000208. The molecule has 0 saturated carbocycles. The number of sulfonamides is 1. The van der Waals surface area contributed by atoms with Gasteiger partial charge in [-0.25, -0.2) is 8.42 Å². The Morgan fingerprint density at radius 3 is 2.29 bits per heavy atom. The number of rotatable bonds is 3. The van der Waals surface area contributed by atoms with Gasteiger partial charge in [0.15, 0.2) is 0 Å². The van der Waals surface area contributed by atoms with Gasteiger partial charge in [0.25, 0.3) is 0 Å². The van der Waals surface area contributed by atoms with Crippen molar-refractivity contribution < 1.29 is 13.2 Å². The van der Waals surface area contributed by atoms with E-state index in [1.807, 2.05) is 0 Å². The third kappa shape index (κ3) is 3.66. The second-order valence-electron chi connectivity index (χ2n) is 5.64. The smallest absolute Gasteiger partial charge is 0.244 e. The number of nitrogens with one attached hydrogen (secondary N) is 1. The predicted molar refractivity (Wildman–Crippen MR) is 95.4 cm³/mol. The molecule has 3 rings (SSSR count). The Morgan fingerprint density at radius 2 is 1.75 bits per heavy atom. The fraction of sp³-hybridized carbons (Fsp3) is 0.500. The average Bonchev–Trinajstić information content (AvgIpc) is 2.48. The van der Waals surface area contributed by atoms with Crippen LogP contribution in [0.25, 0.3) is 0 Å². The van der Waals surface area contributed by atoms with E-state index in [-0.39, 0.29) is 52.3 Å². The largest absolute Gasteiger partial charge is 0.340 e. The van der Waals surface area contributed by atoms with Crippen LogP contribution in [0.4, 0.5) is 0 Å². The molecule has 1 aromatic carbocycles. The third-order valence-corrected chi connectivity index (χ3v) is 7.09. The molecule has 1 N–H and O–H groups in total. The van der Waals surface area contributed by atoms with Crippen molar-refractivity contribution in [3.63, 3.8) is 0 Å². The van der Waals surface area contributed by atoms with Gasteiger partial charge in [-0.2, -0.15) is 4.31 Å². The Bertz CT molecular complexity index is 717. The summed E-state index contributed by atoms with van der Waals surface area (Å²) in [5.74, 6) is 0.127. The van der Waals surface area contributed by atoms with Crippen LogP contribution in [-0.2, 0) is 14.8 Å². The molecule has 1 amide bonds. The number of hydrogen-bond donors (Lipinski definition) is 1. The first-order chi connectivity index (χ1) is 10.9. The summed E-state index contributed by atoms with van der Waals surface area (Å²) in [4.78, 5) is 13.9. The molecule has 0 spiro atoms. The van der Waals surface area contributed by atoms with E-state index in [4.69, 9.17) is 23.2 Å². The first-order valence-corrected chi connectivity index (χ1v) is 9.54. The second kappa shape index (κ2) is 7.76. The Hall–Kier alpha value is -0.570. The number of hydrogen-bond acceptors (Lipinski definition) is 4. The van der Waals surface area contributed by atoms with Gasteiger partial charge in [0.1, 0.15) is 4.90 Å². The molecule has 0 unspecified atom stereocenters. The zero-order valence-electron chi connectivity index (χ0n) is 12.7. The highest BCUT2D eigenvalue weighted by Crippen LogP contribution is 2.31. The zero-order valence-corrected chi connectivity index (χ0v) is 15.9. The minimum atomic E-state index is -3.71. The van der Waals surface area contributed by atoms with E-state index >= 15 is 0 Å². The summed E-state index contributed by atoms with van der Waals surface area (Å²) < 4.78 is 26.8. The minimum Gasteiger partial charge on any atom is -0.340 e. The molecule has 0 bridgehead atoms. The summed E-state index contributed by atoms with van der Waals surface area (Å²) >= 11 is 11.9. The van der Waals surface area contributed by atoms with Gasteiger partial charge in [0.05, 0.1) is 16.0 Å². The van der Waals surface area contributed by atoms with E-state index in [0.717, 1.165) is 0 Å². The van der Waals surface area contributed by atoms with Gasteiger partial charge < -0.3 is 10.2 Å². The maximum atomic E-state index is 12.7. The van der Waals surface area contributed by atoms with Crippen LogP contribution >= 0.6 is 35.6 Å². The molecule has 24 heavy (non-hydrogen) atoms. The van der Waals surface area contributed by atoms with Gasteiger partial charge in [-0.1, -0.05) is 29.3 Å². The van der Waals surface area contributed by atoms with Crippen LogP contribution in [0.2, 0.25) is 10.0 Å². The number of benzene rings is 1. The topological polar surface area (TPSA) is 69.7 Å². The van der Waals surface area contributed by atoms with Crippen molar-refractivity contribution >= 4 is 51.5 Å². The van der Waals surface area contributed by atoms with Gasteiger partial charge in [-0.05, 0) is 12.1 Å². The molecule has 2 fully saturated rings. The number of amides is 1. The van der Waals surface area contributed by atoms with Crippen molar-refractivity contribution in [3.05, 3.63) is 28.2 Å². The SMILES string of the molecule is Cl.O=C(C1CNC1)N1CCN(S(=O)(=O)c2cccc(Cl)c2Cl)CC1. The number of piperazine rings is 1. The fourth-order valence-electron chi connectivity index (χ4n) is 2.69. The van der Waals surface area contributed by atoms with Crippen LogP contribution < -0.4 is 5.32 Å². The standard InChI is InChI=1S/C14H17Cl2N3O3S.ClH/c15-11-2-1-3-12(13(11)16)23(21,22)19-6-4-18(5-7-19)14(20)10-8-17-9-10;/h1-3,10,17H,4-9H2;1H. The maximum absolute atomic E-state index is 12.7. The molecule has 0 aromatic heterocycles. The summed E-state index contributed by atoms with van der Waals surface area (Å²) in [6.07, 6.45) is 0. The summed E-state index contributed by atoms with van der Waals surface area (Å²) in [5.41, 5.74) is 0. The molecule has 1 aromatic rings. The van der Waals surface area contributed by atoms with Crippen molar-refractivity contribution in [1.29, 1.82) is 0 Å². The maximum Gasteiger partial charge on any atom is 0.244 e. The number of halogens is 3. The van der Waals surface area contributed by atoms with E-state index in [9.17, 15) is 13.2 Å². The van der Waals surface area contributed by atoms with Crippen molar-refractivity contribution in [3.8, 4) is 0 Å². The molecule has 134 valence electrons. The van der Waals surface area contributed by atoms with E-state index in [1.54, 1.807) is 17.0 Å². The van der Waals surface area contributed by atoms with Gasteiger partial charge >= 0.3 is 0 Å². The quantitative estimate of drug-likeness (QED) is 0.813. The molecule has 2 aliphatic rings. The van der Waals surface area contributed by atoms with E-state index < -0.39 is 10.0 Å². The Labute approximate surface area is 157 Å².